The number of Topliss-reactive ketones (excluding diaryl/α,β-unsaturated/α-hetero) is 1. The van der Waals surface area contributed by atoms with E-state index in [1.54, 1.807) is 7.11 Å². The number of carbonyl (C=O) groups is 2. The molecule has 0 unspecified atom stereocenters. The van der Waals surface area contributed by atoms with E-state index in [0.29, 0.717) is 26.1 Å². The van der Waals surface area contributed by atoms with Crippen LogP contribution in [0.25, 0.3) is 0 Å². The number of piperazine rings is 1. The van der Waals surface area contributed by atoms with Gasteiger partial charge in [-0.15, -0.1) is 0 Å². The van der Waals surface area contributed by atoms with Gasteiger partial charge in [-0.25, -0.2) is 0 Å². The number of benzene rings is 2. The summed E-state index contributed by atoms with van der Waals surface area (Å²) in [5, 5.41) is 0. The number of aryl methyl sites for hydroxylation is 2. The molecular weight excluding hydrogens is 352 g/mol. The number of nitrogens with zero attached hydrogens (tertiary/aromatic N) is 2. The van der Waals surface area contributed by atoms with E-state index in [1.165, 1.54) is 5.56 Å². The highest BCUT2D eigenvalue weighted by Gasteiger charge is 2.23. The Labute approximate surface area is 166 Å². The summed E-state index contributed by atoms with van der Waals surface area (Å²) < 4.78 is 5.15. The lowest BCUT2D eigenvalue weighted by molar-refractivity contribution is -0.132. The summed E-state index contributed by atoms with van der Waals surface area (Å²) in [6.45, 7) is 7.26. The first-order valence-electron chi connectivity index (χ1n) is 9.70. The van der Waals surface area contributed by atoms with Crippen molar-refractivity contribution in [3.8, 4) is 5.75 Å². The first kappa shape index (κ1) is 20.1. The predicted molar refractivity (Wildman–Crippen MR) is 110 cm³/mol. The van der Waals surface area contributed by atoms with E-state index in [9.17, 15) is 9.59 Å². The summed E-state index contributed by atoms with van der Waals surface area (Å²) in [5.74, 6) is 1.06. The zero-order chi connectivity index (χ0) is 20.1. The molecule has 2 aromatic rings. The van der Waals surface area contributed by atoms with Crippen molar-refractivity contribution in [3.63, 3.8) is 0 Å². The van der Waals surface area contributed by atoms with Crippen LogP contribution in [0.1, 0.15) is 27.0 Å². The van der Waals surface area contributed by atoms with Gasteiger partial charge in [0.1, 0.15) is 5.75 Å². The van der Waals surface area contributed by atoms with Crippen molar-refractivity contribution in [2.24, 2.45) is 0 Å². The van der Waals surface area contributed by atoms with Crippen LogP contribution in [-0.4, -0.2) is 61.3 Å². The van der Waals surface area contributed by atoms with Crippen molar-refractivity contribution in [1.82, 2.24) is 9.80 Å². The van der Waals surface area contributed by atoms with Gasteiger partial charge in [-0.1, -0.05) is 24.3 Å². The second-order valence-corrected chi connectivity index (χ2v) is 7.40. The minimum atomic E-state index is 0.130. The molecule has 1 saturated heterocycles. The number of amides is 1. The Kier molecular flexibility index (Phi) is 6.47. The van der Waals surface area contributed by atoms with E-state index in [-0.39, 0.29) is 11.7 Å². The van der Waals surface area contributed by atoms with E-state index >= 15 is 0 Å². The van der Waals surface area contributed by atoms with Crippen molar-refractivity contribution in [3.05, 3.63) is 64.7 Å². The SMILES string of the molecule is COc1ccc(CC(=O)N2CCN(CC(=O)c3ccc(C)c(C)c3)CC2)cc1. The molecule has 5 heteroatoms. The molecule has 1 aliphatic rings. The van der Waals surface area contributed by atoms with Crippen LogP contribution in [0.4, 0.5) is 0 Å². The second kappa shape index (κ2) is 9.02. The predicted octanol–water partition coefficient (Wildman–Crippen LogP) is 2.88. The smallest absolute Gasteiger partial charge is 0.227 e. The standard InChI is InChI=1S/C23H28N2O3/c1-17-4-7-20(14-18(17)2)22(26)16-24-10-12-25(13-11-24)23(27)15-19-5-8-21(28-3)9-6-19/h4-9,14H,10-13,15-16H2,1-3H3. The Balaban J connectivity index is 1.48. The largest absolute Gasteiger partial charge is 0.497 e. The third-order valence-electron chi connectivity index (χ3n) is 5.44. The van der Waals surface area contributed by atoms with Gasteiger partial charge < -0.3 is 9.64 Å². The molecule has 0 aromatic heterocycles. The third kappa shape index (κ3) is 4.98. The fraction of sp³-hybridized carbons (Fsp3) is 0.391. The third-order valence-corrected chi connectivity index (χ3v) is 5.44. The number of ketones is 1. The molecule has 0 aliphatic carbocycles. The summed E-state index contributed by atoms with van der Waals surface area (Å²) in [6, 6.07) is 13.5. The van der Waals surface area contributed by atoms with Crippen molar-refractivity contribution >= 4 is 11.7 Å². The monoisotopic (exact) mass is 380 g/mol. The molecule has 0 saturated carbocycles. The fourth-order valence-corrected chi connectivity index (χ4v) is 3.39. The van der Waals surface area contributed by atoms with E-state index in [2.05, 4.69) is 4.90 Å². The van der Waals surface area contributed by atoms with E-state index in [1.807, 2.05) is 61.2 Å². The van der Waals surface area contributed by atoms with Crippen molar-refractivity contribution < 1.29 is 14.3 Å². The zero-order valence-corrected chi connectivity index (χ0v) is 16.9. The summed E-state index contributed by atoms with van der Waals surface area (Å²) in [6.07, 6.45) is 0.394. The lowest BCUT2D eigenvalue weighted by atomic mass is 10.0. The molecule has 0 spiro atoms. The number of carbonyl (C=O) groups excluding carboxylic acids is 2. The molecule has 1 heterocycles. The minimum Gasteiger partial charge on any atom is -0.497 e. The summed E-state index contributed by atoms with van der Waals surface area (Å²) in [4.78, 5) is 29.1. The van der Waals surface area contributed by atoms with Gasteiger partial charge in [-0.05, 0) is 48.7 Å². The highest BCUT2D eigenvalue weighted by Crippen LogP contribution is 2.14. The number of hydrogen-bond donors (Lipinski definition) is 0. The lowest BCUT2D eigenvalue weighted by Crippen LogP contribution is -2.50. The maximum Gasteiger partial charge on any atom is 0.227 e. The molecule has 0 N–H and O–H groups in total. The van der Waals surface area contributed by atoms with Gasteiger partial charge in [0.05, 0.1) is 20.1 Å². The molecule has 1 amide bonds. The van der Waals surface area contributed by atoms with E-state index in [0.717, 1.165) is 35.5 Å². The van der Waals surface area contributed by atoms with Crippen molar-refractivity contribution in [2.45, 2.75) is 20.3 Å². The van der Waals surface area contributed by atoms with Gasteiger partial charge in [0.25, 0.3) is 0 Å². The van der Waals surface area contributed by atoms with Crippen LogP contribution in [0.2, 0.25) is 0 Å². The van der Waals surface area contributed by atoms with Gasteiger partial charge in [0.15, 0.2) is 5.78 Å². The first-order valence-corrected chi connectivity index (χ1v) is 9.70. The molecule has 0 bridgehead atoms. The molecule has 5 nitrogen and oxygen atoms in total. The average molecular weight is 380 g/mol. The molecule has 1 fully saturated rings. The van der Waals surface area contributed by atoms with Crippen molar-refractivity contribution in [1.29, 1.82) is 0 Å². The minimum absolute atomic E-state index is 0.130. The van der Waals surface area contributed by atoms with Gasteiger partial charge in [0.2, 0.25) is 5.91 Å². The van der Waals surface area contributed by atoms with Crippen molar-refractivity contribution in [2.75, 3.05) is 39.8 Å². The molecule has 3 rings (SSSR count). The van der Waals surface area contributed by atoms with Crippen LogP contribution in [-0.2, 0) is 11.2 Å². The van der Waals surface area contributed by atoms with Gasteiger partial charge in [-0.3, -0.25) is 14.5 Å². The maximum absolute atomic E-state index is 12.6. The van der Waals surface area contributed by atoms with Crippen LogP contribution in [0.3, 0.4) is 0 Å². The Morgan fingerprint density at radius 1 is 0.929 bits per heavy atom. The number of methoxy groups -OCH3 is 1. The first-order chi connectivity index (χ1) is 13.5. The summed E-state index contributed by atoms with van der Waals surface area (Å²) >= 11 is 0. The van der Waals surface area contributed by atoms with Gasteiger partial charge in [0, 0.05) is 31.7 Å². The van der Waals surface area contributed by atoms with Crippen LogP contribution in [0.5, 0.6) is 5.75 Å². The summed E-state index contributed by atoms with van der Waals surface area (Å²) in [7, 11) is 1.63. The van der Waals surface area contributed by atoms with Crippen LogP contribution in [0, 0.1) is 13.8 Å². The fourth-order valence-electron chi connectivity index (χ4n) is 3.39. The number of ether oxygens (including phenoxy) is 1. The van der Waals surface area contributed by atoms with Crippen LogP contribution < -0.4 is 4.74 Å². The maximum atomic E-state index is 12.6. The average Bonchev–Trinajstić information content (AvgIpc) is 2.71. The molecule has 1 aliphatic heterocycles. The Bertz CT molecular complexity index is 837. The Morgan fingerprint density at radius 2 is 1.61 bits per heavy atom. The van der Waals surface area contributed by atoms with Crippen LogP contribution in [0.15, 0.2) is 42.5 Å². The number of hydrogen-bond acceptors (Lipinski definition) is 4. The highest BCUT2D eigenvalue weighted by atomic mass is 16.5. The molecular formula is C23H28N2O3. The topological polar surface area (TPSA) is 49.9 Å². The molecule has 28 heavy (non-hydrogen) atoms. The summed E-state index contributed by atoms with van der Waals surface area (Å²) in [5.41, 5.74) is 4.08. The molecule has 148 valence electrons. The molecule has 0 radical (unpaired) electrons. The number of rotatable bonds is 6. The van der Waals surface area contributed by atoms with Crippen LogP contribution >= 0.6 is 0 Å². The Hall–Kier alpha value is -2.66. The highest BCUT2D eigenvalue weighted by molar-refractivity contribution is 5.97. The molecule has 0 atom stereocenters. The van der Waals surface area contributed by atoms with E-state index < -0.39 is 0 Å². The second-order valence-electron chi connectivity index (χ2n) is 7.40. The van der Waals surface area contributed by atoms with Gasteiger partial charge >= 0.3 is 0 Å². The normalized spacial score (nSPS) is 14.8. The quantitative estimate of drug-likeness (QED) is 0.723. The molecule has 2 aromatic carbocycles. The Morgan fingerprint density at radius 3 is 2.21 bits per heavy atom. The zero-order valence-electron chi connectivity index (χ0n) is 16.9. The lowest BCUT2D eigenvalue weighted by Gasteiger charge is -2.34. The van der Waals surface area contributed by atoms with E-state index in [4.69, 9.17) is 4.74 Å². The van der Waals surface area contributed by atoms with Gasteiger partial charge in [-0.2, -0.15) is 0 Å².